The van der Waals surface area contributed by atoms with Crippen molar-refractivity contribution in [2.24, 2.45) is 0 Å². The van der Waals surface area contributed by atoms with Crippen molar-refractivity contribution in [3.8, 4) is 5.06 Å². The number of carbonyl (C=O) groups excluding carboxylic acids is 1. The second-order valence-electron chi connectivity index (χ2n) is 5.66. The van der Waals surface area contributed by atoms with E-state index in [0.717, 1.165) is 4.88 Å². The maximum absolute atomic E-state index is 13.1. The zero-order valence-corrected chi connectivity index (χ0v) is 14.7. The molecule has 10 heteroatoms. The van der Waals surface area contributed by atoms with Gasteiger partial charge in [0, 0.05) is 17.5 Å². The second kappa shape index (κ2) is 7.37. The van der Waals surface area contributed by atoms with Gasteiger partial charge in [0.05, 0.1) is 31.5 Å². The summed E-state index contributed by atoms with van der Waals surface area (Å²) >= 11 is 1.20. The van der Waals surface area contributed by atoms with Gasteiger partial charge in [-0.3, -0.25) is 9.48 Å². The van der Waals surface area contributed by atoms with E-state index in [0.29, 0.717) is 23.6 Å². The van der Waals surface area contributed by atoms with Gasteiger partial charge in [-0.15, -0.1) is 11.3 Å². The highest BCUT2D eigenvalue weighted by molar-refractivity contribution is 7.13. The van der Waals surface area contributed by atoms with Crippen molar-refractivity contribution in [1.29, 1.82) is 0 Å². The quantitative estimate of drug-likeness (QED) is 0.679. The highest BCUT2D eigenvalue weighted by Gasteiger charge is 2.61. The van der Waals surface area contributed by atoms with E-state index in [2.05, 4.69) is 5.10 Å². The first-order chi connectivity index (χ1) is 12.3. The van der Waals surface area contributed by atoms with E-state index in [-0.39, 0.29) is 19.0 Å². The first kappa shape index (κ1) is 18.9. The van der Waals surface area contributed by atoms with E-state index in [1.807, 2.05) is 0 Å². The van der Waals surface area contributed by atoms with Crippen LogP contribution in [0.3, 0.4) is 0 Å². The van der Waals surface area contributed by atoms with Gasteiger partial charge in [-0.1, -0.05) is 6.92 Å². The number of halogens is 3. The average Bonchev–Trinajstić information content (AvgIpc) is 3.33. The number of thiophene rings is 1. The molecular formula is C16H17F3N2O4S. The molecule has 0 aliphatic carbocycles. The fourth-order valence-electron chi connectivity index (χ4n) is 2.43. The molecule has 0 spiro atoms. The summed E-state index contributed by atoms with van der Waals surface area (Å²) in [5, 5.41) is 4.43. The molecular weight excluding hydrogens is 373 g/mol. The molecule has 2 aromatic rings. The topological polar surface area (TPSA) is 62.6 Å². The number of hydrogen-bond donors (Lipinski definition) is 0. The molecule has 142 valence electrons. The Kier molecular flexibility index (Phi) is 5.35. The van der Waals surface area contributed by atoms with Gasteiger partial charge in [-0.25, -0.2) is 0 Å². The van der Waals surface area contributed by atoms with Crippen LogP contribution in [-0.4, -0.2) is 47.3 Å². The number of ketones is 1. The zero-order valence-electron chi connectivity index (χ0n) is 13.9. The number of ether oxygens (including phenoxy) is 3. The number of Topliss-reactive ketones (excluding diaryl/α,β-unsaturated/α-hetero) is 1. The summed E-state index contributed by atoms with van der Waals surface area (Å²) in [5.74, 6) is -2.71. The summed E-state index contributed by atoms with van der Waals surface area (Å²) in [6, 6.07) is 3.32. The van der Waals surface area contributed by atoms with Crippen LogP contribution in [0.4, 0.5) is 13.2 Å². The maximum atomic E-state index is 13.1. The van der Waals surface area contributed by atoms with Crippen LogP contribution >= 0.6 is 11.3 Å². The highest BCUT2D eigenvalue weighted by Crippen LogP contribution is 2.38. The summed E-state index contributed by atoms with van der Waals surface area (Å²) < 4.78 is 55.8. The summed E-state index contributed by atoms with van der Waals surface area (Å²) in [6.07, 6.45) is -1.14. The summed E-state index contributed by atoms with van der Waals surface area (Å²) in [6.45, 7) is 1.14. The number of hydrogen-bond acceptors (Lipinski definition) is 6. The molecule has 2 aromatic heterocycles. The Morgan fingerprint density at radius 1 is 1.38 bits per heavy atom. The maximum Gasteiger partial charge on any atom is 0.447 e. The molecule has 0 saturated carbocycles. The van der Waals surface area contributed by atoms with E-state index in [9.17, 15) is 18.0 Å². The molecule has 26 heavy (non-hydrogen) atoms. The number of nitrogens with zero attached hydrogens (tertiary/aromatic N) is 2. The fourth-order valence-corrected chi connectivity index (χ4v) is 3.27. The van der Waals surface area contributed by atoms with Crippen molar-refractivity contribution in [3.05, 3.63) is 35.0 Å². The minimum atomic E-state index is -4.68. The first-order valence-corrected chi connectivity index (χ1v) is 8.76. The van der Waals surface area contributed by atoms with E-state index in [1.165, 1.54) is 17.5 Å². The minimum absolute atomic E-state index is 0.000430. The van der Waals surface area contributed by atoms with E-state index in [4.69, 9.17) is 14.2 Å². The lowest BCUT2D eigenvalue weighted by Gasteiger charge is -2.28. The molecule has 3 heterocycles. The number of alkyl halides is 3. The summed E-state index contributed by atoms with van der Waals surface area (Å²) in [5.41, 5.74) is 0.531. The van der Waals surface area contributed by atoms with Gasteiger partial charge < -0.3 is 14.2 Å². The second-order valence-corrected chi connectivity index (χ2v) is 6.79. The smallest absolute Gasteiger partial charge is 0.447 e. The van der Waals surface area contributed by atoms with Crippen LogP contribution in [0.15, 0.2) is 24.5 Å². The van der Waals surface area contributed by atoms with E-state index in [1.54, 1.807) is 29.9 Å². The van der Waals surface area contributed by atoms with Gasteiger partial charge in [-0.05, 0) is 12.1 Å². The van der Waals surface area contributed by atoms with Crippen LogP contribution in [0.5, 0.6) is 5.06 Å². The molecule has 0 radical (unpaired) electrons. The van der Waals surface area contributed by atoms with Crippen LogP contribution in [0.1, 0.15) is 28.6 Å². The normalized spacial score (nSPS) is 16.8. The van der Waals surface area contributed by atoms with Gasteiger partial charge >= 0.3 is 12.0 Å². The SMILES string of the molecule is CCC(=O)c1cnn(Cc2ccc(OCC3(C(F)(F)F)OCCO3)s2)c1. The molecule has 0 atom stereocenters. The number of aromatic nitrogens is 2. The average molecular weight is 390 g/mol. The first-order valence-electron chi connectivity index (χ1n) is 7.95. The third-order valence-corrected chi connectivity index (χ3v) is 4.80. The van der Waals surface area contributed by atoms with Crippen LogP contribution < -0.4 is 4.74 Å². The molecule has 0 N–H and O–H groups in total. The Balaban J connectivity index is 1.61. The van der Waals surface area contributed by atoms with Gasteiger partial charge in [0.25, 0.3) is 0 Å². The molecule has 0 aromatic carbocycles. The highest BCUT2D eigenvalue weighted by atomic mass is 32.1. The van der Waals surface area contributed by atoms with Gasteiger partial charge in [-0.2, -0.15) is 18.3 Å². The predicted molar refractivity (Wildman–Crippen MR) is 86.5 cm³/mol. The predicted octanol–water partition coefficient (Wildman–Crippen LogP) is 3.27. The lowest BCUT2D eigenvalue weighted by molar-refractivity contribution is -0.350. The Morgan fingerprint density at radius 2 is 2.12 bits per heavy atom. The third kappa shape index (κ3) is 3.92. The molecule has 3 rings (SSSR count). The standard InChI is InChI=1S/C16H17F3N2O4S/c1-2-13(22)11-7-20-21(8-11)9-12-3-4-14(26-12)23-10-15(16(17,18)19)24-5-6-25-15/h3-4,7-8H,2,5-6,9-10H2,1H3. The third-order valence-electron chi connectivity index (χ3n) is 3.82. The van der Waals surface area contributed by atoms with Crippen molar-refractivity contribution in [2.75, 3.05) is 19.8 Å². The Morgan fingerprint density at radius 3 is 2.77 bits per heavy atom. The molecule has 0 amide bonds. The van der Waals surface area contributed by atoms with Gasteiger partial charge in [0.2, 0.25) is 0 Å². The Bertz CT molecular complexity index is 766. The van der Waals surface area contributed by atoms with Gasteiger partial charge in [0.15, 0.2) is 17.5 Å². The number of carbonyl (C=O) groups is 1. The number of rotatable bonds is 7. The summed E-state index contributed by atoms with van der Waals surface area (Å²) in [4.78, 5) is 12.4. The van der Waals surface area contributed by atoms with Crippen molar-refractivity contribution in [2.45, 2.75) is 31.9 Å². The van der Waals surface area contributed by atoms with E-state index < -0.39 is 18.6 Å². The van der Waals surface area contributed by atoms with Crippen LogP contribution in [0.2, 0.25) is 0 Å². The lowest BCUT2D eigenvalue weighted by Crippen LogP contribution is -2.51. The fraction of sp³-hybridized carbons (Fsp3) is 0.500. The molecule has 1 aliphatic rings. The largest absolute Gasteiger partial charge is 0.478 e. The Hall–Kier alpha value is -1.91. The van der Waals surface area contributed by atoms with Crippen molar-refractivity contribution in [3.63, 3.8) is 0 Å². The van der Waals surface area contributed by atoms with E-state index >= 15 is 0 Å². The van der Waals surface area contributed by atoms with Crippen LogP contribution in [0.25, 0.3) is 0 Å². The molecule has 0 unspecified atom stereocenters. The monoisotopic (exact) mass is 390 g/mol. The molecule has 0 bridgehead atoms. The lowest BCUT2D eigenvalue weighted by atomic mass is 10.2. The van der Waals surface area contributed by atoms with Crippen LogP contribution in [-0.2, 0) is 16.0 Å². The Labute approximate surface area is 151 Å². The molecule has 1 aliphatic heterocycles. The van der Waals surface area contributed by atoms with Gasteiger partial charge in [0.1, 0.15) is 0 Å². The zero-order chi connectivity index (χ0) is 18.8. The minimum Gasteiger partial charge on any atom is -0.478 e. The van der Waals surface area contributed by atoms with Crippen molar-refractivity contribution >= 4 is 17.1 Å². The van der Waals surface area contributed by atoms with Crippen molar-refractivity contribution < 1.29 is 32.2 Å². The molecule has 6 nitrogen and oxygen atoms in total. The van der Waals surface area contributed by atoms with Crippen molar-refractivity contribution in [1.82, 2.24) is 9.78 Å². The molecule has 1 fully saturated rings. The van der Waals surface area contributed by atoms with Crippen LogP contribution in [0, 0.1) is 0 Å². The molecule has 1 saturated heterocycles. The summed E-state index contributed by atoms with van der Waals surface area (Å²) in [7, 11) is 0.